The highest BCUT2D eigenvalue weighted by atomic mass is 16.5. The maximum absolute atomic E-state index is 12.6. The number of hydrogen-bond donors (Lipinski definition) is 0. The third-order valence-electron chi connectivity index (χ3n) is 4.49. The van der Waals surface area contributed by atoms with Gasteiger partial charge in [-0.25, -0.2) is 0 Å². The molecule has 2 rings (SSSR count). The summed E-state index contributed by atoms with van der Waals surface area (Å²) in [5.41, 5.74) is -0.204. The van der Waals surface area contributed by atoms with Crippen LogP contribution >= 0.6 is 0 Å². The Balaban J connectivity index is 2.23. The lowest BCUT2D eigenvalue weighted by molar-refractivity contribution is -0.168. The van der Waals surface area contributed by atoms with Crippen LogP contribution in [0.4, 0.5) is 0 Å². The Kier molecular flexibility index (Phi) is 4.51. The average Bonchev–Trinajstić information content (AvgIpc) is 2.38. The Labute approximate surface area is 116 Å². The first-order chi connectivity index (χ1) is 9.00. The van der Waals surface area contributed by atoms with Crippen LogP contribution in [-0.4, -0.2) is 49.3 Å². The largest absolute Gasteiger partial charge is 0.465 e. The van der Waals surface area contributed by atoms with Crippen molar-refractivity contribution in [1.82, 2.24) is 4.90 Å². The fraction of sp³-hybridized carbons (Fsp3) is 0.933. The molecule has 0 aromatic carbocycles. The van der Waals surface area contributed by atoms with Gasteiger partial charge in [-0.1, -0.05) is 20.3 Å². The van der Waals surface area contributed by atoms with Crippen LogP contribution in [0.25, 0.3) is 0 Å². The molecule has 0 aromatic heterocycles. The van der Waals surface area contributed by atoms with Crippen molar-refractivity contribution in [3.63, 3.8) is 0 Å². The molecule has 1 heterocycles. The molecule has 2 fully saturated rings. The van der Waals surface area contributed by atoms with Gasteiger partial charge in [-0.3, -0.25) is 9.69 Å². The molecule has 1 aliphatic carbocycles. The van der Waals surface area contributed by atoms with Crippen LogP contribution in [0.5, 0.6) is 0 Å². The third kappa shape index (κ3) is 3.11. The number of esters is 1. The number of carbonyl (C=O) groups excluding carboxylic acids is 1. The van der Waals surface area contributed by atoms with Gasteiger partial charge < -0.3 is 9.47 Å². The van der Waals surface area contributed by atoms with Gasteiger partial charge in [0.2, 0.25) is 0 Å². The molecule has 1 saturated carbocycles. The molecule has 0 spiro atoms. The minimum Gasteiger partial charge on any atom is -0.465 e. The third-order valence-corrected chi connectivity index (χ3v) is 4.49. The van der Waals surface area contributed by atoms with Crippen molar-refractivity contribution in [2.24, 2.45) is 5.41 Å². The SMILES string of the molecule is CCOC(=O)C1(N2CCOCC2)CCCC(C)(C)C1. The highest BCUT2D eigenvalue weighted by molar-refractivity contribution is 5.81. The van der Waals surface area contributed by atoms with Crippen LogP contribution in [-0.2, 0) is 14.3 Å². The molecule has 110 valence electrons. The predicted octanol–water partition coefficient (Wildman–Crippen LogP) is 2.22. The number of carbonyl (C=O) groups is 1. The topological polar surface area (TPSA) is 38.8 Å². The Morgan fingerprint density at radius 2 is 1.95 bits per heavy atom. The normalized spacial score (nSPS) is 31.9. The van der Waals surface area contributed by atoms with Crippen LogP contribution in [0.1, 0.15) is 46.5 Å². The zero-order valence-corrected chi connectivity index (χ0v) is 12.5. The summed E-state index contributed by atoms with van der Waals surface area (Å²) in [4.78, 5) is 14.9. The van der Waals surface area contributed by atoms with Gasteiger partial charge in [-0.15, -0.1) is 0 Å². The van der Waals surface area contributed by atoms with Crippen molar-refractivity contribution < 1.29 is 14.3 Å². The van der Waals surface area contributed by atoms with E-state index >= 15 is 0 Å². The summed E-state index contributed by atoms with van der Waals surface area (Å²) in [6, 6.07) is 0. The van der Waals surface area contributed by atoms with Gasteiger partial charge in [0.05, 0.1) is 19.8 Å². The van der Waals surface area contributed by atoms with Gasteiger partial charge in [-0.05, 0) is 31.6 Å². The van der Waals surface area contributed by atoms with Crippen LogP contribution in [0, 0.1) is 5.41 Å². The van der Waals surface area contributed by atoms with E-state index in [1.54, 1.807) is 0 Å². The summed E-state index contributed by atoms with van der Waals surface area (Å²) in [7, 11) is 0. The van der Waals surface area contributed by atoms with Gasteiger partial charge >= 0.3 is 5.97 Å². The zero-order chi connectivity index (χ0) is 13.9. The Hall–Kier alpha value is -0.610. The molecule has 0 amide bonds. The van der Waals surface area contributed by atoms with Gasteiger partial charge in [0, 0.05) is 13.1 Å². The summed E-state index contributed by atoms with van der Waals surface area (Å²) < 4.78 is 10.8. The number of hydrogen-bond acceptors (Lipinski definition) is 4. The van der Waals surface area contributed by atoms with Gasteiger partial charge in [0.1, 0.15) is 5.54 Å². The fourth-order valence-electron chi connectivity index (χ4n) is 3.66. The summed E-state index contributed by atoms with van der Waals surface area (Å²) in [6.45, 7) is 10.0. The van der Waals surface area contributed by atoms with E-state index in [2.05, 4.69) is 18.7 Å². The van der Waals surface area contributed by atoms with Crippen molar-refractivity contribution in [3.8, 4) is 0 Å². The Morgan fingerprint density at radius 3 is 2.53 bits per heavy atom. The number of rotatable bonds is 3. The number of ether oxygens (including phenoxy) is 2. The summed E-state index contributed by atoms with van der Waals surface area (Å²) in [5.74, 6) is -0.0234. The molecule has 19 heavy (non-hydrogen) atoms. The molecular formula is C15H27NO3. The molecule has 0 bridgehead atoms. The van der Waals surface area contributed by atoms with E-state index in [1.807, 2.05) is 6.92 Å². The first-order valence-corrected chi connectivity index (χ1v) is 7.50. The van der Waals surface area contributed by atoms with E-state index in [4.69, 9.17) is 9.47 Å². The van der Waals surface area contributed by atoms with E-state index in [-0.39, 0.29) is 11.4 Å². The fourth-order valence-corrected chi connectivity index (χ4v) is 3.66. The Bertz CT molecular complexity index is 323. The van der Waals surface area contributed by atoms with Crippen LogP contribution in [0.15, 0.2) is 0 Å². The average molecular weight is 269 g/mol. The number of morpholine rings is 1. The van der Waals surface area contributed by atoms with Crippen LogP contribution in [0.2, 0.25) is 0 Å². The first kappa shape index (κ1) is 14.8. The lowest BCUT2D eigenvalue weighted by Crippen LogP contribution is -2.61. The van der Waals surface area contributed by atoms with Gasteiger partial charge in [0.15, 0.2) is 0 Å². The highest BCUT2D eigenvalue weighted by Gasteiger charge is 2.50. The van der Waals surface area contributed by atoms with E-state index < -0.39 is 5.54 Å². The van der Waals surface area contributed by atoms with E-state index in [0.29, 0.717) is 6.61 Å². The molecule has 0 N–H and O–H groups in total. The van der Waals surface area contributed by atoms with Crippen LogP contribution in [0.3, 0.4) is 0 Å². The predicted molar refractivity (Wildman–Crippen MR) is 74.0 cm³/mol. The second kappa shape index (κ2) is 5.80. The smallest absolute Gasteiger partial charge is 0.326 e. The molecule has 1 saturated heterocycles. The van der Waals surface area contributed by atoms with Crippen molar-refractivity contribution in [2.75, 3.05) is 32.9 Å². The molecular weight excluding hydrogens is 242 g/mol. The second-order valence-corrected chi connectivity index (χ2v) is 6.55. The second-order valence-electron chi connectivity index (χ2n) is 6.55. The summed E-state index contributed by atoms with van der Waals surface area (Å²) >= 11 is 0. The molecule has 0 aromatic rings. The summed E-state index contributed by atoms with van der Waals surface area (Å²) in [6.07, 6.45) is 4.12. The van der Waals surface area contributed by atoms with Crippen LogP contribution < -0.4 is 0 Å². The standard InChI is InChI=1S/C15H27NO3/c1-4-19-13(17)15(16-8-10-18-11-9-16)7-5-6-14(2,3)12-15/h4-12H2,1-3H3. The van der Waals surface area contributed by atoms with Crippen molar-refractivity contribution in [3.05, 3.63) is 0 Å². The van der Waals surface area contributed by atoms with E-state index in [9.17, 15) is 4.79 Å². The minimum absolute atomic E-state index is 0.0234. The quantitative estimate of drug-likeness (QED) is 0.736. The lowest BCUT2D eigenvalue weighted by Gasteiger charge is -2.50. The molecule has 1 atom stereocenters. The van der Waals surface area contributed by atoms with Gasteiger partial charge in [0.25, 0.3) is 0 Å². The summed E-state index contributed by atoms with van der Waals surface area (Å²) in [5, 5.41) is 0. The van der Waals surface area contributed by atoms with E-state index in [0.717, 1.165) is 45.6 Å². The Morgan fingerprint density at radius 1 is 1.26 bits per heavy atom. The number of nitrogens with zero attached hydrogens (tertiary/aromatic N) is 1. The van der Waals surface area contributed by atoms with Crippen molar-refractivity contribution in [1.29, 1.82) is 0 Å². The van der Waals surface area contributed by atoms with Gasteiger partial charge in [-0.2, -0.15) is 0 Å². The maximum atomic E-state index is 12.6. The zero-order valence-electron chi connectivity index (χ0n) is 12.5. The molecule has 1 unspecified atom stereocenters. The molecule has 0 radical (unpaired) electrons. The highest BCUT2D eigenvalue weighted by Crippen LogP contribution is 2.44. The first-order valence-electron chi connectivity index (χ1n) is 7.50. The monoisotopic (exact) mass is 269 g/mol. The van der Waals surface area contributed by atoms with Crippen molar-refractivity contribution in [2.45, 2.75) is 52.0 Å². The molecule has 1 aliphatic heterocycles. The van der Waals surface area contributed by atoms with E-state index in [1.165, 1.54) is 6.42 Å². The minimum atomic E-state index is -0.415. The molecule has 4 heteroatoms. The maximum Gasteiger partial charge on any atom is 0.326 e. The lowest BCUT2D eigenvalue weighted by atomic mass is 9.67. The molecule has 2 aliphatic rings. The van der Waals surface area contributed by atoms with Crippen molar-refractivity contribution >= 4 is 5.97 Å². The molecule has 4 nitrogen and oxygen atoms in total.